The fraction of sp³-hybridized carbons (Fsp3) is 0. The third kappa shape index (κ3) is 63.8. The van der Waals surface area contributed by atoms with Crippen molar-refractivity contribution < 1.29 is 91.3 Å². The Kier molecular flexibility index (Phi) is 14.7. The second-order valence-electron chi connectivity index (χ2n) is 0.408. The van der Waals surface area contributed by atoms with Crippen LogP contribution in [0.25, 0.3) is 0 Å². The van der Waals surface area contributed by atoms with E-state index < -0.39 is 10.4 Å². The topological polar surface area (TPSA) is 80.3 Å². The number of rotatable bonds is 0. The van der Waals surface area contributed by atoms with Crippen molar-refractivity contribution in [2.75, 3.05) is 0 Å². The van der Waals surface area contributed by atoms with Gasteiger partial charge in [-0.3, -0.25) is 8.42 Å². The van der Waals surface area contributed by atoms with Crippen LogP contribution >= 0.6 is 0 Å². The first-order chi connectivity index (χ1) is 2.00. The van der Waals surface area contributed by atoms with Gasteiger partial charge in [-0.05, 0) is 0 Å². The van der Waals surface area contributed by atoms with Gasteiger partial charge in [0, 0.05) is 10.4 Å². The first-order valence-electron chi connectivity index (χ1n) is 0.667. The Balaban J connectivity index is -0.0000000800. The van der Waals surface area contributed by atoms with Crippen LogP contribution in [0.3, 0.4) is 0 Å². The average molecular weight is 243 g/mol. The summed E-state index contributed by atoms with van der Waals surface area (Å²) in [4.78, 5) is 0. The molecule has 0 unspecified atom stereocenters. The summed E-state index contributed by atoms with van der Waals surface area (Å²) < 4.78 is 34.1. The van der Waals surface area contributed by atoms with E-state index >= 15 is 0 Å². The molecule has 0 N–H and O–H groups in total. The Morgan fingerprint density at radius 1 is 1.14 bits per heavy atom. The van der Waals surface area contributed by atoms with Gasteiger partial charge in [0.1, 0.15) is 0 Å². The first kappa shape index (κ1) is 16.1. The summed E-state index contributed by atoms with van der Waals surface area (Å²) in [5.41, 5.74) is 0. The predicted molar refractivity (Wildman–Crippen MR) is 10.5 cm³/mol. The van der Waals surface area contributed by atoms with Gasteiger partial charge >= 0.3 is 73.8 Å². The second-order valence-corrected chi connectivity index (χ2v) is 1.22. The maximum Gasteiger partial charge on any atom is 1.00 e. The van der Waals surface area contributed by atoms with Crippen LogP contribution < -0.4 is 51.4 Å². The van der Waals surface area contributed by atoms with Crippen LogP contribution in [-0.2, 0) is 32.8 Å². The van der Waals surface area contributed by atoms with Gasteiger partial charge in [-0.2, -0.15) is 0 Å². The molecule has 0 aliphatic heterocycles. The summed E-state index contributed by atoms with van der Waals surface area (Å²) in [6, 6.07) is 0. The minimum absolute atomic E-state index is 0. The molecule has 0 saturated heterocycles. The maximum atomic E-state index is 8.52. The van der Waals surface area contributed by atoms with Crippen LogP contribution in [0.5, 0.6) is 0 Å². The largest absolute Gasteiger partial charge is 1.00 e. The van der Waals surface area contributed by atoms with Crippen molar-refractivity contribution in [3.63, 3.8) is 0 Å². The summed E-state index contributed by atoms with van der Waals surface area (Å²) in [6.45, 7) is 0. The Morgan fingerprint density at radius 2 is 1.14 bits per heavy atom. The van der Waals surface area contributed by atoms with Crippen molar-refractivity contribution in [2.24, 2.45) is 0 Å². The molecule has 0 bridgehead atoms. The van der Waals surface area contributed by atoms with Crippen LogP contribution in [0, 0.1) is 0 Å². The molecule has 0 fully saturated rings. The average Bonchev–Trinajstić information content (AvgIpc) is 0.722. The van der Waals surface area contributed by atoms with Crippen molar-refractivity contribution in [2.45, 2.75) is 0 Å². The molecule has 0 aliphatic carbocycles. The molecular weight excluding hydrogens is 243 g/mol. The monoisotopic (exact) mass is 242 g/mol. The van der Waals surface area contributed by atoms with E-state index in [9.17, 15) is 0 Å². The zero-order valence-electron chi connectivity index (χ0n) is 3.34. The molecule has 0 heterocycles. The van der Waals surface area contributed by atoms with E-state index in [1.54, 1.807) is 0 Å². The van der Waals surface area contributed by atoms with E-state index in [0.29, 0.717) is 0 Å². The van der Waals surface area contributed by atoms with Crippen molar-refractivity contribution in [1.29, 1.82) is 0 Å². The molecule has 0 amide bonds. The van der Waals surface area contributed by atoms with E-state index in [-0.39, 0.29) is 73.8 Å². The van der Waals surface area contributed by atoms with E-state index in [0.717, 1.165) is 0 Å². The first-order valence-corrected chi connectivity index (χ1v) is 2.00. The van der Waals surface area contributed by atoms with Crippen LogP contribution in [-0.4, -0.2) is 17.5 Å². The molecule has 0 aromatic carbocycles. The van der Waals surface area contributed by atoms with Gasteiger partial charge in [0.05, 0.1) is 0 Å². The Bertz CT molecular complexity index is 94.9. The Morgan fingerprint density at radius 3 is 1.14 bits per heavy atom. The van der Waals surface area contributed by atoms with E-state index in [4.69, 9.17) is 17.5 Å². The number of hydrogen-bond donors (Lipinski definition) is 0. The van der Waals surface area contributed by atoms with E-state index in [1.807, 2.05) is 0 Å². The fourth-order valence-electron chi connectivity index (χ4n) is 0. The van der Waals surface area contributed by atoms with Gasteiger partial charge < -0.3 is 9.11 Å². The standard InChI is InChI=1S/Ag.K.H2O4S/c;;1-5(2,3)4/h;;(H2,1,2,3,4)/q2*+1;/p-2. The molecule has 0 saturated carbocycles. The zero-order chi connectivity index (χ0) is 4.50. The molecule has 0 aromatic heterocycles. The third-order valence-electron chi connectivity index (χ3n) is 0. The minimum Gasteiger partial charge on any atom is -0.759 e. The van der Waals surface area contributed by atoms with Crippen molar-refractivity contribution >= 4 is 10.4 Å². The Hall–Kier alpha value is 2.25. The molecule has 7 heteroatoms. The van der Waals surface area contributed by atoms with Crippen molar-refractivity contribution in [1.82, 2.24) is 0 Å². The smallest absolute Gasteiger partial charge is 0.759 e. The Labute approximate surface area is 99.6 Å². The van der Waals surface area contributed by atoms with Gasteiger partial charge in [0.2, 0.25) is 0 Å². The third-order valence-corrected chi connectivity index (χ3v) is 0. The summed E-state index contributed by atoms with van der Waals surface area (Å²) in [5, 5.41) is 0. The molecule has 42 valence electrons. The molecule has 0 aliphatic rings. The van der Waals surface area contributed by atoms with Gasteiger partial charge in [-0.15, -0.1) is 0 Å². The normalized spacial score (nSPS) is 8.29. The zero-order valence-corrected chi connectivity index (χ0v) is 8.76. The van der Waals surface area contributed by atoms with Gasteiger partial charge in [-0.1, -0.05) is 0 Å². The SMILES string of the molecule is O=S(=O)([O-])[O-].[Ag+].[K+]. The molecule has 0 atom stereocenters. The fourth-order valence-corrected chi connectivity index (χ4v) is 0. The quantitative estimate of drug-likeness (QED) is 0.245. The molecule has 0 rings (SSSR count). The summed E-state index contributed by atoms with van der Waals surface area (Å²) in [6.07, 6.45) is 0. The van der Waals surface area contributed by atoms with Gasteiger partial charge in [0.15, 0.2) is 0 Å². The van der Waals surface area contributed by atoms with Gasteiger partial charge in [0.25, 0.3) is 0 Å². The van der Waals surface area contributed by atoms with Crippen LogP contribution in [0.4, 0.5) is 0 Å². The van der Waals surface area contributed by atoms with Crippen molar-refractivity contribution in [3.8, 4) is 0 Å². The molecule has 4 nitrogen and oxygen atoms in total. The van der Waals surface area contributed by atoms with Gasteiger partial charge in [-0.25, -0.2) is 0 Å². The minimum atomic E-state index is -5.17. The molecule has 0 aromatic rings. The second kappa shape index (κ2) is 6.37. The van der Waals surface area contributed by atoms with Crippen LogP contribution in [0.1, 0.15) is 0 Å². The molecule has 0 radical (unpaired) electrons. The van der Waals surface area contributed by atoms with E-state index in [2.05, 4.69) is 0 Å². The summed E-state index contributed by atoms with van der Waals surface area (Å²) >= 11 is 0. The predicted octanol–water partition coefficient (Wildman–Crippen LogP) is -4.34. The van der Waals surface area contributed by atoms with Crippen LogP contribution in [0.2, 0.25) is 0 Å². The van der Waals surface area contributed by atoms with Crippen LogP contribution in [0.15, 0.2) is 0 Å². The summed E-state index contributed by atoms with van der Waals surface area (Å²) in [5.74, 6) is 0. The molecule has 7 heavy (non-hydrogen) atoms. The van der Waals surface area contributed by atoms with E-state index in [1.165, 1.54) is 0 Å². The number of hydrogen-bond acceptors (Lipinski definition) is 4. The molecule has 0 spiro atoms. The van der Waals surface area contributed by atoms with Crippen molar-refractivity contribution in [3.05, 3.63) is 0 Å². The molecular formula is AgKO4S. The summed E-state index contributed by atoms with van der Waals surface area (Å²) in [7, 11) is -5.17. The maximum absolute atomic E-state index is 8.52.